The molecule has 0 saturated carbocycles. The lowest BCUT2D eigenvalue weighted by atomic mass is 10.4. The zero-order valence-electron chi connectivity index (χ0n) is 4.83. The first-order valence-electron chi connectivity index (χ1n) is 2.91. The molecule has 0 radical (unpaired) electrons. The van der Waals surface area contributed by atoms with E-state index in [1.807, 2.05) is 0 Å². The highest BCUT2D eigenvalue weighted by Gasteiger charge is 1.76. The highest BCUT2D eigenvalue weighted by Crippen LogP contribution is 1.90. The maximum atomic E-state index is 2.37. The summed E-state index contributed by atoms with van der Waals surface area (Å²) in [5.74, 6) is 0. The summed E-state index contributed by atoms with van der Waals surface area (Å²) in [4.78, 5) is 0. The molecular formula is C9H30Si. The molecule has 0 amide bonds. The minimum absolute atomic E-state index is 0. The van der Waals surface area contributed by atoms with Crippen molar-refractivity contribution in [3.8, 4) is 0 Å². The lowest BCUT2D eigenvalue weighted by Gasteiger charge is -1.85. The second-order valence-corrected chi connectivity index (χ2v) is 3.41. The van der Waals surface area contributed by atoms with Crippen molar-refractivity contribution in [2.75, 3.05) is 0 Å². The fourth-order valence-corrected chi connectivity index (χ4v) is 1.50. The maximum absolute atomic E-state index is 2.37. The third-order valence-electron chi connectivity index (χ3n) is 0.957. The summed E-state index contributed by atoms with van der Waals surface area (Å²) < 4.78 is 0. The Hall–Kier alpha value is 0.217. The minimum Gasteiger partial charge on any atom is -0.0776 e. The predicted molar refractivity (Wildman–Crippen MR) is 61.0 cm³/mol. The Morgan fingerprint density at radius 2 is 1.40 bits per heavy atom. The van der Waals surface area contributed by atoms with Crippen LogP contribution in [-0.2, 0) is 0 Å². The van der Waals surface area contributed by atoms with E-state index in [-0.39, 0.29) is 29.7 Å². The van der Waals surface area contributed by atoms with Gasteiger partial charge in [0.2, 0.25) is 0 Å². The Morgan fingerprint density at radius 3 is 1.50 bits per heavy atom. The van der Waals surface area contributed by atoms with Gasteiger partial charge in [-0.15, -0.1) is 0 Å². The molecule has 0 aliphatic rings. The Balaban J connectivity index is -0.0000000208. The highest BCUT2D eigenvalue weighted by molar-refractivity contribution is 6.33. The van der Waals surface area contributed by atoms with Gasteiger partial charge in [0, 0.05) is 9.52 Å². The van der Waals surface area contributed by atoms with Crippen LogP contribution >= 0.6 is 0 Å². The van der Waals surface area contributed by atoms with Gasteiger partial charge in [0.05, 0.1) is 0 Å². The van der Waals surface area contributed by atoms with Gasteiger partial charge in [-0.25, -0.2) is 0 Å². The van der Waals surface area contributed by atoms with Crippen molar-refractivity contribution in [3.05, 3.63) is 0 Å². The molecule has 0 saturated heterocycles. The largest absolute Gasteiger partial charge is 0.0776 e. The summed E-state index contributed by atoms with van der Waals surface area (Å²) in [5, 5.41) is 0. The summed E-state index contributed by atoms with van der Waals surface area (Å²) in [6, 6.07) is 1.55. The number of rotatable bonds is 3. The van der Waals surface area contributed by atoms with E-state index in [0.717, 1.165) is 0 Å². The Morgan fingerprint density at radius 1 is 1.00 bits per heavy atom. The van der Waals surface area contributed by atoms with Crippen molar-refractivity contribution in [1.82, 2.24) is 0 Å². The number of unbranched alkanes of at least 4 members (excludes halogenated alkanes) is 1. The summed E-state index contributed by atoms with van der Waals surface area (Å²) in [6.07, 6.45) is 2.86. The first-order chi connectivity index (χ1) is 2.91. The average molecular weight is 166 g/mol. The molecule has 0 aromatic rings. The fourth-order valence-electron chi connectivity index (χ4n) is 0.500. The van der Waals surface area contributed by atoms with E-state index in [1.54, 1.807) is 6.04 Å². The maximum Gasteiger partial charge on any atom is 0.0166 e. The molecular weight excluding hydrogens is 136 g/mol. The molecule has 0 aliphatic heterocycles. The number of hydrogen-bond donors (Lipinski definition) is 0. The molecule has 70 valence electrons. The second kappa shape index (κ2) is 35.0. The molecule has 0 fully saturated rings. The van der Waals surface area contributed by atoms with E-state index in [9.17, 15) is 0 Å². The zero-order valence-corrected chi connectivity index (χ0v) is 6.24. The van der Waals surface area contributed by atoms with Crippen molar-refractivity contribution in [1.29, 1.82) is 0 Å². The zero-order chi connectivity index (χ0) is 4.83. The molecule has 0 unspecified atom stereocenters. The predicted octanol–water partition coefficient (Wildman–Crippen LogP) is 3.97. The van der Waals surface area contributed by atoms with Gasteiger partial charge in [0.1, 0.15) is 0 Å². The third-order valence-corrected chi connectivity index (χ3v) is 2.16. The average Bonchev–Trinajstić information content (AvgIpc) is 1.61. The molecule has 0 heterocycles. The molecule has 0 aromatic heterocycles. The molecule has 0 spiro atoms. The second-order valence-electron chi connectivity index (χ2n) is 1.71. The topological polar surface area (TPSA) is 0 Å². The minimum atomic E-state index is 0. The van der Waals surface area contributed by atoms with Crippen LogP contribution in [0.2, 0.25) is 12.6 Å². The fraction of sp³-hybridized carbons (Fsp3) is 1.00. The standard InChI is InChI=1S/C5H14Si.4CH4/c1-3-4-5-6-2;;;;/h3-6H2,1-2H3;4*1H4. The molecule has 10 heavy (non-hydrogen) atoms. The number of hydrogen-bond acceptors (Lipinski definition) is 0. The lowest BCUT2D eigenvalue weighted by Crippen LogP contribution is -1.76. The molecule has 0 aromatic carbocycles. The Bertz CT molecular complexity index is 16.7. The van der Waals surface area contributed by atoms with Crippen molar-refractivity contribution < 1.29 is 0 Å². The van der Waals surface area contributed by atoms with Crippen LogP contribution in [0.4, 0.5) is 0 Å². The summed E-state index contributed by atoms with van der Waals surface area (Å²) in [7, 11) is 0.403. The van der Waals surface area contributed by atoms with E-state index in [0.29, 0.717) is 9.52 Å². The van der Waals surface area contributed by atoms with Gasteiger partial charge in [-0.1, -0.05) is 62.1 Å². The first kappa shape index (κ1) is 31.9. The van der Waals surface area contributed by atoms with Gasteiger partial charge >= 0.3 is 0 Å². The van der Waals surface area contributed by atoms with Crippen molar-refractivity contribution in [2.45, 2.75) is 62.1 Å². The molecule has 0 rings (SSSR count). The van der Waals surface area contributed by atoms with Gasteiger partial charge in [0.25, 0.3) is 0 Å². The Labute approximate surface area is 72.3 Å². The van der Waals surface area contributed by atoms with Crippen LogP contribution in [0.15, 0.2) is 0 Å². The molecule has 0 bridgehead atoms. The van der Waals surface area contributed by atoms with Crippen LogP contribution in [-0.4, -0.2) is 9.52 Å². The van der Waals surface area contributed by atoms with Gasteiger partial charge in [-0.05, 0) is 0 Å². The van der Waals surface area contributed by atoms with Crippen LogP contribution in [0.1, 0.15) is 49.5 Å². The van der Waals surface area contributed by atoms with Gasteiger partial charge in [-0.3, -0.25) is 0 Å². The van der Waals surface area contributed by atoms with Crippen LogP contribution in [0.3, 0.4) is 0 Å². The van der Waals surface area contributed by atoms with E-state index in [1.165, 1.54) is 12.8 Å². The lowest BCUT2D eigenvalue weighted by molar-refractivity contribution is 0.880. The summed E-state index contributed by atoms with van der Waals surface area (Å²) in [6.45, 7) is 4.62. The molecule has 0 atom stereocenters. The summed E-state index contributed by atoms with van der Waals surface area (Å²) in [5.41, 5.74) is 0. The van der Waals surface area contributed by atoms with Crippen LogP contribution in [0.5, 0.6) is 0 Å². The Kier molecular flexibility index (Phi) is 112. The van der Waals surface area contributed by atoms with Crippen molar-refractivity contribution in [2.24, 2.45) is 0 Å². The molecule has 1 heteroatoms. The highest BCUT2D eigenvalue weighted by atomic mass is 28.2. The van der Waals surface area contributed by atoms with Crippen molar-refractivity contribution >= 4 is 9.52 Å². The smallest absolute Gasteiger partial charge is 0.0166 e. The van der Waals surface area contributed by atoms with E-state index in [2.05, 4.69) is 13.5 Å². The normalized spacial score (nSPS) is 6.60. The van der Waals surface area contributed by atoms with E-state index >= 15 is 0 Å². The first-order valence-corrected chi connectivity index (χ1v) is 5.33. The summed E-state index contributed by atoms with van der Waals surface area (Å²) >= 11 is 0. The van der Waals surface area contributed by atoms with Crippen LogP contribution in [0, 0.1) is 0 Å². The molecule has 0 N–H and O–H groups in total. The SMILES string of the molecule is C.C.C.C.CCCC[SiH2]C. The quantitative estimate of drug-likeness (QED) is 0.440. The van der Waals surface area contributed by atoms with E-state index in [4.69, 9.17) is 0 Å². The van der Waals surface area contributed by atoms with Crippen LogP contribution < -0.4 is 0 Å². The van der Waals surface area contributed by atoms with Crippen molar-refractivity contribution in [3.63, 3.8) is 0 Å². The van der Waals surface area contributed by atoms with Crippen LogP contribution in [0.25, 0.3) is 0 Å². The third kappa shape index (κ3) is 41.4. The monoisotopic (exact) mass is 166 g/mol. The molecule has 0 nitrogen and oxygen atoms in total. The van der Waals surface area contributed by atoms with E-state index < -0.39 is 0 Å². The van der Waals surface area contributed by atoms with Gasteiger partial charge in [0.15, 0.2) is 0 Å². The van der Waals surface area contributed by atoms with Gasteiger partial charge in [-0.2, -0.15) is 0 Å². The van der Waals surface area contributed by atoms with Gasteiger partial charge < -0.3 is 0 Å². The molecule has 0 aliphatic carbocycles.